The molecule has 19 heavy (non-hydrogen) atoms. The van der Waals surface area contributed by atoms with Gasteiger partial charge in [0, 0.05) is 6.92 Å². The molecule has 4 aliphatic rings. The summed E-state index contributed by atoms with van der Waals surface area (Å²) >= 11 is 0. The van der Waals surface area contributed by atoms with Gasteiger partial charge in [-0.1, -0.05) is 12.5 Å². The zero-order valence-electron chi connectivity index (χ0n) is 11.2. The Labute approximate surface area is 111 Å². The molecule has 0 aromatic heterocycles. The van der Waals surface area contributed by atoms with E-state index in [1.54, 1.807) is 0 Å². The third kappa shape index (κ3) is 1.50. The maximum atomic E-state index is 12.1. The molecule has 0 aromatic carbocycles. The first kappa shape index (κ1) is 12.4. The second kappa shape index (κ2) is 3.68. The summed E-state index contributed by atoms with van der Waals surface area (Å²) < 4.78 is 5.51. The monoisotopic (exact) mass is 263 g/mol. The van der Waals surface area contributed by atoms with E-state index in [9.17, 15) is 14.4 Å². The summed E-state index contributed by atoms with van der Waals surface area (Å²) in [7, 11) is 0. The fourth-order valence-electron chi connectivity index (χ4n) is 4.37. The number of carbonyl (C=O) groups excluding carboxylic acids is 3. The largest absolute Gasteiger partial charge is 0.454 e. The van der Waals surface area contributed by atoms with E-state index in [-0.39, 0.29) is 29.6 Å². The zero-order chi connectivity index (χ0) is 13.9. The number of allylic oxidation sites excluding steroid dienone is 1. The molecule has 1 heterocycles. The van der Waals surface area contributed by atoms with Gasteiger partial charge in [-0.15, -0.1) is 0 Å². The minimum Gasteiger partial charge on any atom is -0.454 e. The first-order chi connectivity index (χ1) is 8.85. The third-order valence-corrected chi connectivity index (χ3v) is 4.69. The molecule has 1 aliphatic heterocycles. The van der Waals surface area contributed by atoms with Crippen LogP contribution < -0.4 is 5.32 Å². The minimum atomic E-state index is -0.939. The van der Waals surface area contributed by atoms with Gasteiger partial charge in [-0.25, -0.2) is 0 Å². The minimum absolute atomic E-state index is 0.0777. The van der Waals surface area contributed by atoms with E-state index in [4.69, 9.17) is 4.74 Å². The van der Waals surface area contributed by atoms with Crippen LogP contribution in [0.25, 0.3) is 0 Å². The van der Waals surface area contributed by atoms with Crippen molar-refractivity contribution in [3.05, 3.63) is 11.6 Å². The highest BCUT2D eigenvalue weighted by Gasteiger charge is 2.65. The van der Waals surface area contributed by atoms with Gasteiger partial charge < -0.3 is 4.74 Å². The zero-order valence-corrected chi connectivity index (χ0v) is 11.2. The van der Waals surface area contributed by atoms with Crippen molar-refractivity contribution in [1.82, 2.24) is 5.32 Å². The molecule has 5 atom stereocenters. The van der Waals surface area contributed by atoms with Crippen LogP contribution in [0, 0.1) is 23.7 Å². The molecule has 5 nitrogen and oxygen atoms in total. The van der Waals surface area contributed by atoms with Crippen molar-refractivity contribution in [2.45, 2.75) is 32.8 Å². The highest BCUT2D eigenvalue weighted by atomic mass is 16.6. The Bertz CT molecular complexity index is 524. The summed E-state index contributed by atoms with van der Waals surface area (Å²) in [5.41, 5.74) is 0.108. The van der Waals surface area contributed by atoms with Crippen LogP contribution in [0.2, 0.25) is 0 Å². The fraction of sp³-hybridized carbons (Fsp3) is 0.643. The van der Waals surface area contributed by atoms with Gasteiger partial charge in [-0.05, 0) is 31.3 Å². The summed E-state index contributed by atoms with van der Waals surface area (Å²) in [4.78, 5) is 35.5. The number of hydrogen-bond donors (Lipinski definition) is 1. The number of hydrogen-bond acceptors (Lipinski definition) is 4. The van der Waals surface area contributed by atoms with Crippen LogP contribution in [0.5, 0.6) is 0 Å². The quantitative estimate of drug-likeness (QED) is 0.431. The molecule has 0 aromatic rings. The molecule has 2 amide bonds. The van der Waals surface area contributed by atoms with Gasteiger partial charge in [0.1, 0.15) is 5.60 Å². The fourth-order valence-corrected chi connectivity index (χ4v) is 4.37. The standard InChI is InChI=1S/C14H17NO4/c1-6-4-14(19-8(3)16)5-7(2)9(6)10-11(14)13(18)15-12(10)17/h4,7,9-11H,5H2,1-3H3,(H,15,17,18)/t7?,9-,10?,11?,14-/m1/s1. The lowest BCUT2D eigenvalue weighted by atomic mass is 9.54. The van der Waals surface area contributed by atoms with Crippen molar-refractivity contribution < 1.29 is 19.1 Å². The molecule has 2 bridgehead atoms. The van der Waals surface area contributed by atoms with E-state index in [1.165, 1.54) is 6.92 Å². The molecule has 0 radical (unpaired) electrons. The van der Waals surface area contributed by atoms with Crippen LogP contribution in [0.4, 0.5) is 0 Å². The molecule has 5 heteroatoms. The van der Waals surface area contributed by atoms with Crippen LogP contribution in [0.15, 0.2) is 11.6 Å². The topological polar surface area (TPSA) is 72.5 Å². The van der Waals surface area contributed by atoms with Crippen molar-refractivity contribution >= 4 is 17.8 Å². The van der Waals surface area contributed by atoms with Crippen LogP contribution in [0.1, 0.15) is 27.2 Å². The van der Waals surface area contributed by atoms with Gasteiger partial charge in [0.15, 0.2) is 0 Å². The summed E-state index contributed by atoms with van der Waals surface area (Å²) in [6, 6.07) is 0. The number of esters is 1. The lowest BCUT2D eigenvalue weighted by Gasteiger charge is -2.52. The lowest BCUT2D eigenvalue weighted by molar-refractivity contribution is -0.173. The number of rotatable bonds is 1. The highest BCUT2D eigenvalue weighted by Crippen LogP contribution is 2.56. The van der Waals surface area contributed by atoms with Gasteiger partial charge in [0.2, 0.25) is 11.8 Å². The Hall–Kier alpha value is -1.65. The Balaban J connectivity index is 2.15. The summed E-state index contributed by atoms with van der Waals surface area (Å²) in [6.07, 6.45) is 2.49. The summed E-state index contributed by atoms with van der Waals surface area (Å²) in [5.74, 6) is -1.60. The van der Waals surface area contributed by atoms with Gasteiger partial charge in [0.05, 0.1) is 11.8 Å². The van der Waals surface area contributed by atoms with Crippen molar-refractivity contribution in [1.29, 1.82) is 0 Å². The first-order valence-corrected chi connectivity index (χ1v) is 6.59. The van der Waals surface area contributed by atoms with Crippen molar-refractivity contribution in [3.63, 3.8) is 0 Å². The van der Waals surface area contributed by atoms with E-state index in [0.717, 1.165) is 5.57 Å². The SMILES string of the molecule is CC(=O)O[C@]12C=C(C)[C@H](C(C)C1)C1C(=O)NC(=O)C12. The van der Waals surface area contributed by atoms with Gasteiger partial charge in [0.25, 0.3) is 0 Å². The molecule has 3 unspecified atom stereocenters. The molecule has 3 aliphatic carbocycles. The van der Waals surface area contributed by atoms with Crippen LogP contribution in [0.3, 0.4) is 0 Å². The van der Waals surface area contributed by atoms with Gasteiger partial charge >= 0.3 is 5.97 Å². The normalized spacial score (nSPS) is 43.6. The van der Waals surface area contributed by atoms with Crippen LogP contribution in [-0.2, 0) is 19.1 Å². The molecule has 4 rings (SSSR count). The number of amides is 2. The molecule has 1 saturated carbocycles. The third-order valence-electron chi connectivity index (χ3n) is 4.69. The second-order valence-corrected chi connectivity index (χ2v) is 6.00. The molecule has 1 N–H and O–H groups in total. The number of fused-ring (bicyclic) bond motifs is 1. The van der Waals surface area contributed by atoms with E-state index in [2.05, 4.69) is 5.32 Å². The molecular weight excluding hydrogens is 246 g/mol. The second-order valence-electron chi connectivity index (χ2n) is 6.00. The average molecular weight is 263 g/mol. The Morgan fingerprint density at radius 2 is 2.05 bits per heavy atom. The van der Waals surface area contributed by atoms with Crippen molar-refractivity contribution in [2.24, 2.45) is 23.7 Å². The maximum Gasteiger partial charge on any atom is 0.303 e. The molecule has 2 fully saturated rings. The Morgan fingerprint density at radius 3 is 2.63 bits per heavy atom. The van der Waals surface area contributed by atoms with E-state index in [1.807, 2.05) is 19.9 Å². The predicted octanol–water partition coefficient (Wildman–Crippen LogP) is 0.793. The van der Waals surface area contributed by atoms with Crippen molar-refractivity contribution in [3.8, 4) is 0 Å². The smallest absolute Gasteiger partial charge is 0.303 e. The van der Waals surface area contributed by atoms with Crippen LogP contribution >= 0.6 is 0 Å². The Morgan fingerprint density at radius 1 is 1.37 bits per heavy atom. The number of nitrogens with one attached hydrogen (secondary N) is 1. The molecule has 1 saturated heterocycles. The summed E-state index contributed by atoms with van der Waals surface area (Å²) in [5, 5.41) is 2.40. The lowest BCUT2D eigenvalue weighted by Crippen LogP contribution is -2.57. The van der Waals surface area contributed by atoms with E-state index in [0.29, 0.717) is 6.42 Å². The van der Waals surface area contributed by atoms with E-state index < -0.39 is 17.5 Å². The first-order valence-electron chi connectivity index (χ1n) is 6.59. The number of carbonyl (C=O) groups is 3. The maximum absolute atomic E-state index is 12.1. The number of imide groups is 1. The molecule has 102 valence electrons. The Kier molecular flexibility index (Phi) is 2.40. The van der Waals surface area contributed by atoms with Gasteiger partial charge in [-0.3, -0.25) is 19.7 Å². The van der Waals surface area contributed by atoms with Crippen LogP contribution in [-0.4, -0.2) is 23.4 Å². The van der Waals surface area contributed by atoms with Gasteiger partial charge in [-0.2, -0.15) is 0 Å². The average Bonchev–Trinajstić information content (AvgIpc) is 2.53. The highest BCUT2D eigenvalue weighted by molar-refractivity contribution is 6.06. The van der Waals surface area contributed by atoms with Crippen molar-refractivity contribution in [2.75, 3.05) is 0 Å². The molecular formula is C14H17NO4. The number of ether oxygens (including phenoxy) is 1. The molecule has 0 spiro atoms. The summed E-state index contributed by atoms with van der Waals surface area (Å²) in [6.45, 7) is 5.34. The predicted molar refractivity (Wildman–Crippen MR) is 65.7 cm³/mol. The van der Waals surface area contributed by atoms with E-state index >= 15 is 0 Å².